The number of aromatic nitrogens is 1. The largest absolute Gasteiger partial charge is 0.468 e. The van der Waals surface area contributed by atoms with Crippen LogP contribution in [0.15, 0.2) is 48.5 Å². The van der Waals surface area contributed by atoms with Gasteiger partial charge in [-0.2, -0.15) is 0 Å². The number of halogens is 1. The highest BCUT2D eigenvalue weighted by molar-refractivity contribution is 5.92. The van der Waals surface area contributed by atoms with E-state index in [1.165, 1.54) is 19.2 Å². The molecule has 0 spiro atoms. The molecule has 1 atom stereocenters. The molecule has 0 fully saturated rings. The van der Waals surface area contributed by atoms with Gasteiger partial charge in [-0.1, -0.05) is 30.3 Å². The van der Waals surface area contributed by atoms with Crippen LogP contribution in [0, 0.1) is 5.82 Å². The summed E-state index contributed by atoms with van der Waals surface area (Å²) in [6, 6.07) is 12.8. The van der Waals surface area contributed by atoms with Crippen LogP contribution in [0.4, 0.5) is 9.18 Å². The Hall–Kier alpha value is -3.88. The number of para-hydroxylation sites is 1. The molecule has 1 aliphatic heterocycles. The fourth-order valence-corrected chi connectivity index (χ4v) is 4.15. The number of esters is 1. The molecule has 1 aliphatic rings. The molecular weight excluding hydrogens is 417 g/mol. The van der Waals surface area contributed by atoms with E-state index in [4.69, 9.17) is 0 Å². The standard InChI is InChI=1S/C23H22FN3O5/c1-32-21(28)11-25-22(29)19-10-17-16-4-2-3-5-18(16)26(20(17)13-27(19)23(30)31)12-14-6-8-15(24)9-7-14/h2-9,19H,10-13H2,1H3,(H,25,29)(H,30,31). The summed E-state index contributed by atoms with van der Waals surface area (Å²) in [7, 11) is 1.21. The first kappa shape index (κ1) is 21.4. The first-order valence-corrected chi connectivity index (χ1v) is 10.1. The predicted octanol–water partition coefficient (Wildman–Crippen LogP) is 2.52. The van der Waals surface area contributed by atoms with E-state index in [0.717, 1.165) is 32.6 Å². The van der Waals surface area contributed by atoms with Crippen molar-refractivity contribution in [2.75, 3.05) is 13.7 Å². The molecule has 0 aliphatic carbocycles. The van der Waals surface area contributed by atoms with Crippen molar-refractivity contribution in [1.82, 2.24) is 14.8 Å². The number of methoxy groups -OCH3 is 1. The number of nitrogens with zero attached hydrogens (tertiary/aromatic N) is 2. The number of ether oxygens (including phenoxy) is 1. The van der Waals surface area contributed by atoms with Gasteiger partial charge in [0.05, 0.1) is 13.7 Å². The van der Waals surface area contributed by atoms with Crippen LogP contribution in [0.3, 0.4) is 0 Å². The number of nitrogens with one attached hydrogen (secondary N) is 1. The molecule has 3 aromatic rings. The Morgan fingerprint density at radius 1 is 1.16 bits per heavy atom. The molecule has 2 N–H and O–H groups in total. The maximum absolute atomic E-state index is 13.3. The summed E-state index contributed by atoms with van der Waals surface area (Å²) in [5, 5.41) is 13.2. The fraction of sp³-hybridized carbons (Fsp3) is 0.261. The molecule has 166 valence electrons. The molecule has 1 aromatic heterocycles. The third kappa shape index (κ3) is 4.01. The Kier molecular flexibility index (Phi) is 5.81. The Morgan fingerprint density at radius 3 is 2.56 bits per heavy atom. The highest BCUT2D eigenvalue weighted by atomic mass is 19.1. The Morgan fingerprint density at radius 2 is 1.88 bits per heavy atom. The van der Waals surface area contributed by atoms with E-state index in [1.807, 2.05) is 28.8 Å². The molecule has 2 heterocycles. The van der Waals surface area contributed by atoms with E-state index in [2.05, 4.69) is 10.1 Å². The van der Waals surface area contributed by atoms with Crippen molar-refractivity contribution in [2.45, 2.75) is 25.6 Å². The van der Waals surface area contributed by atoms with Crippen LogP contribution in [0.1, 0.15) is 16.8 Å². The van der Waals surface area contributed by atoms with Gasteiger partial charge in [-0.15, -0.1) is 0 Å². The molecule has 1 unspecified atom stereocenters. The van der Waals surface area contributed by atoms with Crippen molar-refractivity contribution < 1.29 is 28.6 Å². The van der Waals surface area contributed by atoms with Crippen LogP contribution in [0.5, 0.6) is 0 Å². The van der Waals surface area contributed by atoms with Crippen LogP contribution in [0.2, 0.25) is 0 Å². The van der Waals surface area contributed by atoms with Crippen molar-refractivity contribution in [3.8, 4) is 0 Å². The maximum atomic E-state index is 13.3. The SMILES string of the molecule is COC(=O)CNC(=O)C1Cc2c(n(Cc3ccc(F)cc3)c3ccccc23)CN1C(=O)O. The van der Waals surface area contributed by atoms with E-state index in [1.54, 1.807) is 12.1 Å². The second-order valence-electron chi connectivity index (χ2n) is 7.58. The maximum Gasteiger partial charge on any atom is 0.408 e. The smallest absolute Gasteiger partial charge is 0.408 e. The van der Waals surface area contributed by atoms with Crippen LogP contribution < -0.4 is 5.32 Å². The van der Waals surface area contributed by atoms with Crippen molar-refractivity contribution >= 4 is 28.9 Å². The van der Waals surface area contributed by atoms with Gasteiger partial charge in [0, 0.05) is 29.6 Å². The van der Waals surface area contributed by atoms with Gasteiger partial charge in [0.15, 0.2) is 0 Å². The molecule has 4 rings (SSSR count). The number of hydrogen-bond acceptors (Lipinski definition) is 4. The molecule has 8 nitrogen and oxygen atoms in total. The average Bonchev–Trinajstić information content (AvgIpc) is 3.10. The lowest BCUT2D eigenvalue weighted by Crippen LogP contribution is -2.53. The van der Waals surface area contributed by atoms with Crippen molar-refractivity contribution in [1.29, 1.82) is 0 Å². The van der Waals surface area contributed by atoms with Crippen molar-refractivity contribution in [3.05, 3.63) is 71.2 Å². The third-order valence-electron chi connectivity index (χ3n) is 5.72. The number of carboxylic acid groups (broad SMARTS) is 1. The second-order valence-corrected chi connectivity index (χ2v) is 7.58. The van der Waals surface area contributed by atoms with Gasteiger partial charge in [0.25, 0.3) is 0 Å². The van der Waals surface area contributed by atoms with E-state index < -0.39 is 24.0 Å². The number of carbonyl (C=O) groups excluding carboxylic acids is 2. The lowest BCUT2D eigenvalue weighted by atomic mass is 9.96. The zero-order valence-corrected chi connectivity index (χ0v) is 17.4. The second kappa shape index (κ2) is 8.70. The summed E-state index contributed by atoms with van der Waals surface area (Å²) in [6.45, 7) is 0.109. The lowest BCUT2D eigenvalue weighted by molar-refractivity contribution is -0.141. The lowest BCUT2D eigenvalue weighted by Gasteiger charge is -2.33. The molecule has 2 amide bonds. The molecule has 9 heteroatoms. The molecule has 0 saturated carbocycles. The molecule has 2 aromatic carbocycles. The van der Waals surface area contributed by atoms with E-state index in [0.29, 0.717) is 6.54 Å². The van der Waals surface area contributed by atoms with Crippen LogP contribution in [-0.4, -0.2) is 52.2 Å². The average molecular weight is 439 g/mol. The Bertz CT molecular complexity index is 1190. The summed E-state index contributed by atoms with van der Waals surface area (Å²) in [5.41, 5.74) is 3.45. The minimum absolute atomic E-state index is 0.0108. The van der Waals surface area contributed by atoms with Crippen LogP contribution in [0.25, 0.3) is 10.9 Å². The van der Waals surface area contributed by atoms with Gasteiger partial charge < -0.3 is 19.7 Å². The van der Waals surface area contributed by atoms with Crippen LogP contribution in [-0.2, 0) is 33.8 Å². The van der Waals surface area contributed by atoms with Crippen molar-refractivity contribution in [3.63, 3.8) is 0 Å². The minimum Gasteiger partial charge on any atom is -0.468 e. The first-order valence-electron chi connectivity index (χ1n) is 10.1. The number of amides is 2. The molecule has 0 bridgehead atoms. The van der Waals surface area contributed by atoms with E-state index >= 15 is 0 Å². The van der Waals surface area contributed by atoms with Gasteiger partial charge in [-0.3, -0.25) is 14.5 Å². The Balaban J connectivity index is 1.73. The highest BCUT2D eigenvalue weighted by Crippen LogP contribution is 2.34. The summed E-state index contributed by atoms with van der Waals surface area (Å²) < 4.78 is 19.9. The fourth-order valence-electron chi connectivity index (χ4n) is 4.15. The monoisotopic (exact) mass is 439 g/mol. The summed E-state index contributed by atoms with van der Waals surface area (Å²) in [4.78, 5) is 37.2. The quantitative estimate of drug-likeness (QED) is 0.595. The normalized spacial score (nSPS) is 15.3. The number of fused-ring (bicyclic) bond motifs is 3. The number of carbonyl (C=O) groups is 3. The van der Waals surface area contributed by atoms with Crippen molar-refractivity contribution in [2.24, 2.45) is 0 Å². The zero-order chi connectivity index (χ0) is 22.8. The van der Waals surface area contributed by atoms with Crippen LogP contribution >= 0.6 is 0 Å². The van der Waals surface area contributed by atoms with Gasteiger partial charge in [0.1, 0.15) is 18.4 Å². The van der Waals surface area contributed by atoms with Gasteiger partial charge in [0.2, 0.25) is 5.91 Å². The van der Waals surface area contributed by atoms with Gasteiger partial charge in [-0.05, 0) is 29.3 Å². The zero-order valence-electron chi connectivity index (χ0n) is 17.4. The summed E-state index contributed by atoms with van der Waals surface area (Å²) in [6.07, 6.45) is -1.06. The highest BCUT2D eigenvalue weighted by Gasteiger charge is 2.37. The summed E-state index contributed by atoms with van der Waals surface area (Å²) in [5.74, 6) is -1.50. The summed E-state index contributed by atoms with van der Waals surface area (Å²) >= 11 is 0. The minimum atomic E-state index is -1.23. The number of hydrogen-bond donors (Lipinski definition) is 2. The van der Waals surface area contributed by atoms with E-state index in [-0.39, 0.29) is 25.3 Å². The third-order valence-corrected chi connectivity index (χ3v) is 5.72. The molecular formula is C23H22FN3O5. The van der Waals surface area contributed by atoms with E-state index in [9.17, 15) is 23.9 Å². The predicted molar refractivity (Wildman–Crippen MR) is 114 cm³/mol. The molecule has 32 heavy (non-hydrogen) atoms. The Labute approximate surface area is 183 Å². The molecule has 0 radical (unpaired) electrons. The van der Waals surface area contributed by atoms with Gasteiger partial charge >= 0.3 is 12.1 Å². The number of benzene rings is 2. The topological polar surface area (TPSA) is 101 Å². The number of rotatable bonds is 5. The first-order chi connectivity index (χ1) is 15.4. The molecule has 0 saturated heterocycles. The van der Waals surface area contributed by atoms with Gasteiger partial charge in [-0.25, -0.2) is 9.18 Å².